The number of thioether (sulfide) groups is 1. The molecule has 3 aromatic heterocycles. The van der Waals surface area contributed by atoms with Gasteiger partial charge in [-0.25, -0.2) is 0 Å². The van der Waals surface area contributed by atoms with Crippen molar-refractivity contribution in [3.63, 3.8) is 0 Å². The van der Waals surface area contributed by atoms with E-state index in [0.717, 1.165) is 60.6 Å². The molecule has 1 atom stereocenters. The fraction of sp³-hybridized carbons (Fsp3) is 0.435. The number of thiophene rings is 1. The molecular weight excluding hydrogens is 440 g/mol. The van der Waals surface area contributed by atoms with E-state index >= 15 is 0 Å². The van der Waals surface area contributed by atoms with Crippen LogP contribution in [0.1, 0.15) is 61.1 Å². The van der Waals surface area contributed by atoms with Gasteiger partial charge in [0.1, 0.15) is 11.1 Å². The molecule has 32 heavy (non-hydrogen) atoms. The van der Waals surface area contributed by atoms with E-state index in [-0.39, 0.29) is 11.2 Å². The number of anilines is 1. The molecule has 0 unspecified atom stereocenters. The Balaban J connectivity index is 1.34. The lowest BCUT2D eigenvalue weighted by atomic mass is 10.1. The Morgan fingerprint density at radius 2 is 2.16 bits per heavy atom. The van der Waals surface area contributed by atoms with E-state index < -0.39 is 0 Å². The van der Waals surface area contributed by atoms with E-state index in [1.807, 2.05) is 19.1 Å². The highest BCUT2D eigenvalue weighted by Crippen LogP contribution is 2.42. The molecule has 3 heterocycles. The van der Waals surface area contributed by atoms with Crippen LogP contribution in [0.5, 0.6) is 0 Å². The van der Waals surface area contributed by atoms with Gasteiger partial charge in [-0.2, -0.15) is 5.26 Å². The summed E-state index contributed by atoms with van der Waals surface area (Å²) in [4.78, 5) is 18.5. The molecule has 0 aliphatic heterocycles. The number of carbonyl (C=O) groups excluding carboxylic acids is 1. The van der Waals surface area contributed by atoms with E-state index in [1.54, 1.807) is 23.7 Å². The van der Waals surface area contributed by atoms with Gasteiger partial charge in [-0.3, -0.25) is 14.3 Å². The maximum absolute atomic E-state index is 13.0. The van der Waals surface area contributed by atoms with Gasteiger partial charge in [-0.15, -0.1) is 21.5 Å². The lowest BCUT2D eigenvalue weighted by Crippen LogP contribution is -2.23. The minimum absolute atomic E-state index is 0.115. The van der Waals surface area contributed by atoms with Crippen LogP contribution in [-0.4, -0.2) is 30.9 Å². The van der Waals surface area contributed by atoms with Crippen molar-refractivity contribution in [1.82, 2.24) is 19.7 Å². The van der Waals surface area contributed by atoms with Gasteiger partial charge in [0.2, 0.25) is 5.91 Å². The molecule has 2 aliphatic carbocycles. The monoisotopic (exact) mass is 464 g/mol. The number of hydrogen-bond acceptors (Lipinski definition) is 7. The first kappa shape index (κ1) is 21.2. The number of amides is 1. The third-order valence-electron chi connectivity index (χ3n) is 5.92. The number of carbonyl (C=O) groups is 1. The summed E-state index contributed by atoms with van der Waals surface area (Å²) in [5.74, 6) is 0.681. The number of aromatic nitrogens is 4. The molecule has 2 aliphatic rings. The second-order valence-electron chi connectivity index (χ2n) is 8.28. The first-order chi connectivity index (χ1) is 15.7. The van der Waals surface area contributed by atoms with Crippen LogP contribution in [0.2, 0.25) is 0 Å². The molecule has 1 saturated carbocycles. The number of rotatable bonds is 6. The van der Waals surface area contributed by atoms with Crippen LogP contribution in [0.3, 0.4) is 0 Å². The Morgan fingerprint density at radius 3 is 2.91 bits per heavy atom. The van der Waals surface area contributed by atoms with Crippen LogP contribution >= 0.6 is 23.1 Å². The van der Waals surface area contributed by atoms with Gasteiger partial charge in [0.15, 0.2) is 11.0 Å². The zero-order chi connectivity index (χ0) is 22.1. The maximum Gasteiger partial charge on any atom is 0.238 e. The van der Waals surface area contributed by atoms with Crippen molar-refractivity contribution in [3.8, 4) is 17.5 Å². The smallest absolute Gasteiger partial charge is 0.238 e. The number of fused-ring (bicyclic) bond motifs is 1. The number of nitrogens with zero attached hydrogens (tertiary/aromatic N) is 5. The standard InChI is InChI=1S/C23H24N6OS2/c1-14(21(30)26-22-18(12-24)17-7-3-2-4-8-19(17)32-22)31-23-28-27-20(29(23)16-9-10-16)15-6-5-11-25-13-15/h5-6,11,13-14,16H,2-4,7-10H2,1H3,(H,26,30)/t14-/m0/s1. The highest BCUT2D eigenvalue weighted by Gasteiger charge is 2.32. The normalized spacial score (nSPS) is 16.6. The molecule has 0 aromatic carbocycles. The Labute approximate surface area is 195 Å². The van der Waals surface area contributed by atoms with Crippen molar-refractivity contribution in [1.29, 1.82) is 5.26 Å². The summed E-state index contributed by atoms with van der Waals surface area (Å²) in [5, 5.41) is 22.6. The lowest BCUT2D eigenvalue weighted by Gasteiger charge is -2.13. The fourth-order valence-corrected chi connectivity index (χ4v) is 6.25. The second kappa shape index (κ2) is 9.04. The van der Waals surface area contributed by atoms with Crippen LogP contribution in [-0.2, 0) is 17.6 Å². The maximum atomic E-state index is 13.0. The van der Waals surface area contributed by atoms with Gasteiger partial charge in [-0.05, 0) is 63.1 Å². The van der Waals surface area contributed by atoms with Gasteiger partial charge >= 0.3 is 0 Å². The summed E-state index contributed by atoms with van der Waals surface area (Å²) in [7, 11) is 0. The molecule has 1 amide bonds. The quantitative estimate of drug-likeness (QED) is 0.407. The number of nitriles is 1. The molecule has 9 heteroatoms. The molecule has 3 aromatic rings. The van der Waals surface area contributed by atoms with Crippen LogP contribution in [0, 0.1) is 11.3 Å². The largest absolute Gasteiger partial charge is 0.316 e. The van der Waals surface area contributed by atoms with Crippen LogP contribution in [0.4, 0.5) is 5.00 Å². The minimum atomic E-state index is -0.369. The van der Waals surface area contributed by atoms with Gasteiger partial charge in [0.05, 0.1) is 10.8 Å². The first-order valence-corrected chi connectivity index (χ1v) is 12.7. The second-order valence-corrected chi connectivity index (χ2v) is 10.7. The average molecular weight is 465 g/mol. The van der Waals surface area contributed by atoms with Crippen molar-refractivity contribution in [2.75, 3.05) is 5.32 Å². The van der Waals surface area contributed by atoms with Gasteiger partial charge in [-0.1, -0.05) is 18.2 Å². The van der Waals surface area contributed by atoms with Crippen molar-refractivity contribution in [2.45, 2.75) is 68.3 Å². The third-order valence-corrected chi connectivity index (χ3v) is 8.18. The molecule has 5 rings (SSSR count). The fourth-order valence-electron chi connectivity index (χ4n) is 4.09. The van der Waals surface area contributed by atoms with E-state index in [2.05, 4.69) is 31.1 Å². The van der Waals surface area contributed by atoms with E-state index in [9.17, 15) is 10.1 Å². The number of pyridine rings is 1. The van der Waals surface area contributed by atoms with Gasteiger partial charge < -0.3 is 5.32 Å². The number of aryl methyl sites for hydroxylation is 1. The van der Waals surface area contributed by atoms with Crippen molar-refractivity contribution < 1.29 is 4.79 Å². The van der Waals surface area contributed by atoms with Gasteiger partial charge in [0, 0.05) is 28.9 Å². The van der Waals surface area contributed by atoms with E-state index in [4.69, 9.17) is 0 Å². The molecule has 0 saturated heterocycles. The van der Waals surface area contributed by atoms with Crippen molar-refractivity contribution >= 4 is 34.0 Å². The molecule has 164 valence electrons. The molecular formula is C23H24N6OS2. The number of hydrogen-bond donors (Lipinski definition) is 1. The molecule has 1 fully saturated rings. The molecule has 1 N–H and O–H groups in total. The Hall–Kier alpha value is -2.70. The molecule has 7 nitrogen and oxygen atoms in total. The van der Waals surface area contributed by atoms with Crippen LogP contribution in [0.25, 0.3) is 11.4 Å². The summed E-state index contributed by atoms with van der Waals surface area (Å²) in [6, 6.07) is 6.57. The zero-order valence-electron chi connectivity index (χ0n) is 17.9. The van der Waals surface area contributed by atoms with Gasteiger partial charge in [0.25, 0.3) is 0 Å². The first-order valence-electron chi connectivity index (χ1n) is 11.0. The Morgan fingerprint density at radius 1 is 1.31 bits per heavy atom. The van der Waals surface area contributed by atoms with Crippen LogP contribution < -0.4 is 5.32 Å². The van der Waals surface area contributed by atoms with Crippen molar-refractivity contribution in [2.24, 2.45) is 0 Å². The van der Waals surface area contributed by atoms with Crippen LogP contribution in [0.15, 0.2) is 29.7 Å². The molecule has 0 spiro atoms. The molecule has 0 bridgehead atoms. The van der Waals surface area contributed by atoms with E-state index in [0.29, 0.717) is 16.6 Å². The number of nitrogens with one attached hydrogen (secondary N) is 1. The summed E-state index contributed by atoms with van der Waals surface area (Å²) < 4.78 is 2.14. The predicted octanol–water partition coefficient (Wildman–Crippen LogP) is 5.00. The average Bonchev–Trinajstić information content (AvgIpc) is 3.54. The summed E-state index contributed by atoms with van der Waals surface area (Å²) in [5.41, 5.74) is 2.72. The third kappa shape index (κ3) is 4.17. The topological polar surface area (TPSA) is 96.5 Å². The Kier molecular flexibility index (Phi) is 5.98. The van der Waals surface area contributed by atoms with E-state index in [1.165, 1.54) is 23.1 Å². The highest BCUT2D eigenvalue weighted by atomic mass is 32.2. The summed E-state index contributed by atoms with van der Waals surface area (Å²) in [6.45, 7) is 1.88. The minimum Gasteiger partial charge on any atom is -0.316 e. The SMILES string of the molecule is C[C@H](Sc1nnc(-c2cccnc2)n1C1CC1)C(=O)Nc1sc2c(c1C#N)CCCCC2. The predicted molar refractivity (Wildman–Crippen MR) is 126 cm³/mol. The van der Waals surface area contributed by atoms with Crippen molar-refractivity contribution in [3.05, 3.63) is 40.5 Å². The Bertz CT molecular complexity index is 1180. The molecule has 0 radical (unpaired) electrons. The summed E-state index contributed by atoms with van der Waals surface area (Å²) in [6.07, 6.45) is 11.1. The summed E-state index contributed by atoms with van der Waals surface area (Å²) >= 11 is 2.98. The lowest BCUT2D eigenvalue weighted by molar-refractivity contribution is -0.115. The highest BCUT2D eigenvalue weighted by molar-refractivity contribution is 8.00. The zero-order valence-corrected chi connectivity index (χ0v) is 19.5.